The Bertz CT molecular complexity index is 761. The highest BCUT2D eigenvalue weighted by Gasteiger charge is 2.21. The molecule has 114 valence electrons. The first-order valence-electron chi connectivity index (χ1n) is 5.74. The highest BCUT2D eigenvalue weighted by atomic mass is 32.2. The Labute approximate surface area is 118 Å². The fourth-order valence-electron chi connectivity index (χ4n) is 1.55. The van der Waals surface area contributed by atoms with Crippen LogP contribution in [0.3, 0.4) is 0 Å². The Hall–Kier alpha value is -2.07. The zero-order valence-corrected chi connectivity index (χ0v) is 11.4. The van der Waals surface area contributed by atoms with Crippen molar-refractivity contribution in [3.8, 4) is 0 Å². The van der Waals surface area contributed by atoms with E-state index in [9.17, 15) is 21.6 Å². The molecule has 3 N–H and O–H groups in total. The predicted molar refractivity (Wildman–Crippen MR) is 68.4 cm³/mol. The number of halogens is 3. The smallest absolute Gasteiger partial charge is 0.265 e. The minimum absolute atomic E-state index is 0.250. The lowest BCUT2D eigenvalue weighted by atomic mass is 10.3. The summed E-state index contributed by atoms with van der Waals surface area (Å²) in [4.78, 5) is -0.250. The Morgan fingerprint density at radius 2 is 1.95 bits per heavy atom. The fourth-order valence-corrected chi connectivity index (χ4v) is 2.56. The molecule has 0 aliphatic heterocycles. The number of nitrogens with one attached hydrogen (secondary N) is 1. The number of benzene rings is 1. The van der Waals surface area contributed by atoms with Gasteiger partial charge in [0.1, 0.15) is 4.90 Å². The largest absolute Gasteiger partial charge is 0.329 e. The van der Waals surface area contributed by atoms with E-state index in [1.807, 2.05) is 4.72 Å². The van der Waals surface area contributed by atoms with Crippen LogP contribution >= 0.6 is 0 Å². The highest BCUT2D eigenvalue weighted by molar-refractivity contribution is 7.92. The van der Waals surface area contributed by atoms with E-state index in [1.54, 1.807) is 0 Å². The molecule has 0 unspecified atom stereocenters. The fraction of sp³-hybridized carbons (Fsp3) is 0.182. The van der Waals surface area contributed by atoms with Crippen LogP contribution in [0.25, 0.3) is 0 Å². The molecule has 10 heteroatoms. The predicted octanol–water partition coefficient (Wildman–Crippen LogP) is 1.06. The lowest BCUT2D eigenvalue weighted by molar-refractivity contribution is 0.449. The van der Waals surface area contributed by atoms with Gasteiger partial charge in [-0.25, -0.2) is 21.6 Å². The second-order valence-electron chi connectivity index (χ2n) is 4.06. The van der Waals surface area contributed by atoms with Gasteiger partial charge < -0.3 is 5.73 Å². The first-order valence-corrected chi connectivity index (χ1v) is 7.22. The normalized spacial score (nSPS) is 11.6. The Balaban J connectivity index is 2.31. The van der Waals surface area contributed by atoms with Crippen molar-refractivity contribution >= 4 is 15.7 Å². The van der Waals surface area contributed by atoms with Crippen LogP contribution in [0, 0.1) is 17.5 Å². The summed E-state index contributed by atoms with van der Waals surface area (Å²) in [5.41, 5.74) is 4.61. The van der Waals surface area contributed by atoms with E-state index in [0.29, 0.717) is 12.6 Å². The second-order valence-corrected chi connectivity index (χ2v) is 5.74. The molecule has 0 saturated carbocycles. The summed E-state index contributed by atoms with van der Waals surface area (Å²) in [5.74, 6) is -4.78. The van der Waals surface area contributed by atoms with Crippen LogP contribution in [0.5, 0.6) is 0 Å². The van der Waals surface area contributed by atoms with E-state index >= 15 is 0 Å². The molecular formula is C11H11F3N4O2S. The average Bonchev–Trinajstić information content (AvgIpc) is 2.89. The maximum Gasteiger partial charge on any atom is 0.265 e. The van der Waals surface area contributed by atoms with E-state index < -0.39 is 33.2 Å². The third kappa shape index (κ3) is 3.16. The number of sulfonamides is 1. The molecule has 6 nitrogen and oxygen atoms in total. The summed E-state index contributed by atoms with van der Waals surface area (Å²) in [7, 11) is -4.17. The summed E-state index contributed by atoms with van der Waals surface area (Å²) in [5, 5.41) is 3.76. The van der Waals surface area contributed by atoms with Gasteiger partial charge in [0.2, 0.25) is 0 Å². The van der Waals surface area contributed by atoms with E-state index in [2.05, 4.69) is 5.10 Å². The number of rotatable bonds is 5. The minimum Gasteiger partial charge on any atom is -0.329 e. The molecule has 0 bridgehead atoms. The molecule has 1 heterocycles. The molecule has 0 radical (unpaired) electrons. The maximum absolute atomic E-state index is 13.5. The summed E-state index contributed by atoms with van der Waals surface area (Å²) >= 11 is 0. The summed E-state index contributed by atoms with van der Waals surface area (Å²) < 4.78 is 66.4. The van der Waals surface area contributed by atoms with E-state index in [4.69, 9.17) is 5.73 Å². The summed E-state index contributed by atoms with van der Waals surface area (Å²) in [6.07, 6.45) is 2.22. The Morgan fingerprint density at radius 3 is 2.62 bits per heavy atom. The molecule has 0 aliphatic rings. The van der Waals surface area contributed by atoms with Crippen LogP contribution in [0.2, 0.25) is 0 Å². The molecule has 1 aromatic carbocycles. The molecule has 0 fully saturated rings. The van der Waals surface area contributed by atoms with E-state index in [-0.39, 0.29) is 11.4 Å². The van der Waals surface area contributed by atoms with Gasteiger partial charge >= 0.3 is 0 Å². The van der Waals surface area contributed by atoms with Crippen molar-refractivity contribution in [1.82, 2.24) is 9.78 Å². The standard InChI is InChI=1S/C11H11F3N4O2S/c12-8-1-2-9(11(14)10(8)13)17-21(19,20)7-5-16-18(6-7)4-3-15/h1-2,5-6,17H,3-4,15H2. The quantitative estimate of drug-likeness (QED) is 0.806. The van der Waals surface area contributed by atoms with Gasteiger partial charge in [0.05, 0.1) is 18.4 Å². The van der Waals surface area contributed by atoms with Gasteiger partial charge in [0, 0.05) is 12.7 Å². The number of aromatic nitrogens is 2. The van der Waals surface area contributed by atoms with Crippen LogP contribution in [-0.2, 0) is 16.6 Å². The molecule has 1 aromatic heterocycles. The van der Waals surface area contributed by atoms with Crippen LogP contribution < -0.4 is 10.5 Å². The zero-order chi connectivity index (χ0) is 15.6. The number of anilines is 1. The van der Waals surface area contributed by atoms with Crippen LogP contribution in [0.4, 0.5) is 18.9 Å². The Kier molecular flexibility index (Phi) is 4.19. The molecule has 0 atom stereocenters. The van der Waals surface area contributed by atoms with Crippen molar-refractivity contribution in [2.75, 3.05) is 11.3 Å². The molecule has 2 aromatic rings. The van der Waals surface area contributed by atoms with Gasteiger partial charge in [-0.2, -0.15) is 5.10 Å². The molecule has 0 saturated heterocycles. The van der Waals surface area contributed by atoms with Gasteiger partial charge in [-0.1, -0.05) is 0 Å². The minimum atomic E-state index is -4.17. The lowest BCUT2D eigenvalue weighted by Gasteiger charge is -2.08. The maximum atomic E-state index is 13.5. The molecule has 0 aliphatic carbocycles. The van der Waals surface area contributed by atoms with Gasteiger partial charge in [-0.05, 0) is 12.1 Å². The van der Waals surface area contributed by atoms with Crippen molar-refractivity contribution in [3.63, 3.8) is 0 Å². The monoisotopic (exact) mass is 320 g/mol. The van der Waals surface area contributed by atoms with E-state index in [0.717, 1.165) is 12.3 Å². The molecular weight excluding hydrogens is 309 g/mol. The van der Waals surface area contributed by atoms with Crippen molar-refractivity contribution in [2.45, 2.75) is 11.4 Å². The zero-order valence-electron chi connectivity index (χ0n) is 10.6. The van der Waals surface area contributed by atoms with Crippen LogP contribution in [0.15, 0.2) is 29.4 Å². The number of hydrogen-bond donors (Lipinski definition) is 2. The first kappa shape index (κ1) is 15.3. The first-order chi connectivity index (χ1) is 9.85. The van der Waals surface area contributed by atoms with Crippen LogP contribution in [-0.4, -0.2) is 24.7 Å². The number of nitrogens with zero attached hydrogens (tertiary/aromatic N) is 2. The van der Waals surface area contributed by atoms with Gasteiger partial charge in [-0.15, -0.1) is 0 Å². The third-order valence-corrected chi connectivity index (χ3v) is 3.88. The second kappa shape index (κ2) is 5.74. The topological polar surface area (TPSA) is 90.0 Å². The average molecular weight is 320 g/mol. The van der Waals surface area contributed by atoms with E-state index in [1.165, 1.54) is 10.9 Å². The molecule has 2 rings (SSSR count). The van der Waals surface area contributed by atoms with Crippen LogP contribution in [0.1, 0.15) is 0 Å². The molecule has 0 amide bonds. The molecule has 0 spiro atoms. The van der Waals surface area contributed by atoms with Crippen molar-refractivity contribution < 1.29 is 21.6 Å². The van der Waals surface area contributed by atoms with Crippen molar-refractivity contribution in [3.05, 3.63) is 42.0 Å². The van der Waals surface area contributed by atoms with Crippen molar-refractivity contribution in [2.24, 2.45) is 5.73 Å². The summed E-state index contributed by atoms with van der Waals surface area (Å²) in [6.45, 7) is 0.557. The highest BCUT2D eigenvalue weighted by Crippen LogP contribution is 2.22. The lowest BCUT2D eigenvalue weighted by Crippen LogP contribution is -2.14. The number of nitrogens with two attached hydrogens (primary N) is 1. The van der Waals surface area contributed by atoms with Gasteiger partial charge in [-0.3, -0.25) is 9.40 Å². The number of hydrogen-bond acceptors (Lipinski definition) is 4. The summed E-state index contributed by atoms with van der Waals surface area (Å²) in [6, 6.07) is 1.41. The SMILES string of the molecule is NCCn1cc(S(=O)(=O)Nc2ccc(F)c(F)c2F)cn1. The van der Waals surface area contributed by atoms with Crippen molar-refractivity contribution in [1.29, 1.82) is 0 Å². The van der Waals surface area contributed by atoms with Gasteiger partial charge in [0.15, 0.2) is 17.5 Å². The third-order valence-electron chi connectivity index (χ3n) is 2.56. The molecule has 21 heavy (non-hydrogen) atoms. The van der Waals surface area contributed by atoms with Gasteiger partial charge in [0.25, 0.3) is 10.0 Å². The Morgan fingerprint density at radius 1 is 1.24 bits per heavy atom.